The molecule has 1 aliphatic heterocycles. The van der Waals surface area contributed by atoms with Gasteiger partial charge in [0.25, 0.3) is 0 Å². The molecule has 0 saturated heterocycles. The van der Waals surface area contributed by atoms with Gasteiger partial charge in [0.1, 0.15) is 6.04 Å². The molecule has 2 N–H and O–H groups in total. The molecule has 134 valence electrons. The smallest absolute Gasteiger partial charge is 0.240 e. The van der Waals surface area contributed by atoms with Gasteiger partial charge in [-0.1, -0.05) is 78.9 Å². The second-order valence-corrected chi connectivity index (χ2v) is 6.71. The van der Waals surface area contributed by atoms with Crippen molar-refractivity contribution in [1.82, 2.24) is 0 Å². The summed E-state index contributed by atoms with van der Waals surface area (Å²) in [6.07, 6.45) is 0.452. The van der Waals surface area contributed by atoms with Crippen LogP contribution in [0.15, 0.2) is 84.9 Å². The first-order valence-corrected chi connectivity index (χ1v) is 8.97. The first-order valence-electron chi connectivity index (χ1n) is 8.97. The number of nitrogens with two attached hydrogens (primary N) is 1. The lowest BCUT2D eigenvalue weighted by Crippen LogP contribution is -2.48. The number of amides is 2. The molecule has 4 rings (SSSR count). The second-order valence-electron chi connectivity index (χ2n) is 6.71. The molecule has 0 fully saturated rings. The van der Waals surface area contributed by atoms with Crippen molar-refractivity contribution in [3.05, 3.63) is 102 Å². The molecule has 0 aliphatic carbocycles. The molecule has 3 aromatic carbocycles. The van der Waals surface area contributed by atoms with Crippen LogP contribution in [-0.4, -0.2) is 17.9 Å². The van der Waals surface area contributed by atoms with Gasteiger partial charge < -0.3 is 5.73 Å². The van der Waals surface area contributed by atoms with Gasteiger partial charge in [0, 0.05) is 12.1 Å². The lowest BCUT2D eigenvalue weighted by molar-refractivity contribution is -0.124. The van der Waals surface area contributed by atoms with Gasteiger partial charge in [-0.25, -0.2) is 0 Å². The Morgan fingerprint density at radius 1 is 0.815 bits per heavy atom. The van der Waals surface area contributed by atoms with Crippen molar-refractivity contribution in [3.63, 3.8) is 0 Å². The Morgan fingerprint density at radius 2 is 1.33 bits per heavy atom. The van der Waals surface area contributed by atoms with Gasteiger partial charge in [-0.2, -0.15) is 0 Å². The average molecular weight is 356 g/mol. The van der Waals surface area contributed by atoms with Crippen LogP contribution in [0.5, 0.6) is 0 Å². The van der Waals surface area contributed by atoms with Gasteiger partial charge in [0.2, 0.25) is 11.8 Å². The van der Waals surface area contributed by atoms with Gasteiger partial charge in [-0.3, -0.25) is 14.5 Å². The van der Waals surface area contributed by atoms with Crippen LogP contribution >= 0.6 is 0 Å². The number of benzene rings is 3. The lowest BCUT2D eigenvalue weighted by Gasteiger charge is -2.28. The fourth-order valence-corrected chi connectivity index (χ4v) is 3.79. The maximum Gasteiger partial charge on any atom is 0.240 e. The lowest BCUT2D eigenvalue weighted by atomic mass is 9.89. The Kier molecular flexibility index (Phi) is 4.47. The predicted molar refractivity (Wildman–Crippen MR) is 105 cm³/mol. The summed E-state index contributed by atoms with van der Waals surface area (Å²) in [5.41, 5.74) is 9.16. The van der Waals surface area contributed by atoms with Gasteiger partial charge in [-0.05, 0) is 22.8 Å². The number of anilines is 1. The Morgan fingerprint density at radius 3 is 1.89 bits per heavy atom. The molecule has 4 nitrogen and oxygen atoms in total. The van der Waals surface area contributed by atoms with Crippen LogP contribution in [0, 0.1) is 0 Å². The van der Waals surface area contributed by atoms with Gasteiger partial charge >= 0.3 is 0 Å². The summed E-state index contributed by atoms with van der Waals surface area (Å²) >= 11 is 0. The van der Waals surface area contributed by atoms with Crippen LogP contribution in [0.3, 0.4) is 0 Å². The van der Waals surface area contributed by atoms with Gasteiger partial charge in [0.15, 0.2) is 0 Å². The van der Waals surface area contributed by atoms with E-state index in [0.717, 1.165) is 22.4 Å². The molecule has 0 bridgehead atoms. The number of carbonyl (C=O) groups excluding carboxylic acids is 2. The number of hydrogen-bond acceptors (Lipinski definition) is 2. The molecule has 0 saturated carbocycles. The van der Waals surface area contributed by atoms with Crippen LogP contribution in [0.1, 0.15) is 22.6 Å². The van der Waals surface area contributed by atoms with E-state index in [4.69, 9.17) is 5.73 Å². The van der Waals surface area contributed by atoms with Crippen molar-refractivity contribution in [1.29, 1.82) is 0 Å². The summed E-state index contributed by atoms with van der Waals surface area (Å²) in [5.74, 6) is -1.12. The standard InChI is InChI=1S/C23H20N2O2/c24-22(26)20-15-18-13-7-8-14-19(18)25(20)23(27)21(16-9-3-1-4-10-16)17-11-5-2-6-12-17/h1-14,20-21H,15H2,(H2,24,26). The quantitative estimate of drug-likeness (QED) is 0.780. The number of primary amides is 1. The number of para-hydroxylation sites is 1. The number of hydrogen-bond donors (Lipinski definition) is 1. The molecule has 27 heavy (non-hydrogen) atoms. The summed E-state index contributed by atoms with van der Waals surface area (Å²) in [7, 11) is 0. The van der Waals surface area contributed by atoms with E-state index >= 15 is 0 Å². The number of carbonyl (C=O) groups is 2. The molecule has 4 heteroatoms. The number of nitrogens with zero attached hydrogens (tertiary/aromatic N) is 1. The largest absolute Gasteiger partial charge is 0.368 e. The van der Waals surface area contributed by atoms with E-state index in [9.17, 15) is 9.59 Å². The minimum Gasteiger partial charge on any atom is -0.368 e. The molecule has 3 aromatic rings. The van der Waals surface area contributed by atoms with E-state index in [1.54, 1.807) is 4.90 Å². The van der Waals surface area contributed by atoms with Gasteiger partial charge in [-0.15, -0.1) is 0 Å². The van der Waals surface area contributed by atoms with E-state index in [2.05, 4.69) is 0 Å². The van der Waals surface area contributed by atoms with E-state index in [1.807, 2.05) is 84.9 Å². The molecule has 0 aromatic heterocycles. The monoisotopic (exact) mass is 356 g/mol. The first kappa shape index (κ1) is 17.0. The van der Waals surface area contributed by atoms with Crippen molar-refractivity contribution in [2.24, 2.45) is 5.73 Å². The van der Waals surface area contributed by atoms with Gasteiger partial charge in [0.05, 0.1) is 5.92 Å². The molecule has 1 heterocycles. The van der Waals surface area contributed by atoms with Crippen LogP contribution in [0.25, 0.3) is 0 Å². The fraction of sp³-hybridized carbons (Fsp3) is 0.130. The Balaban J connectivity index is 1.83. The van der Waals surface area contributed by atoms with E-state index < -0.39 is 17.9 Å². The molecule has 1 unspecified atom stereocenters. The third kappa shape index (κ3) is 3.10. The highest BCUT2D eigenvalue weighted by Gasteiger charge is 2.40. The molecule has 1 atom stereocenters. The SMILES string of the molecule is NC(=O)C1Cc2ccccc2N1C(=O)C(c1ccccc1)c1ccccc1. The third-order valence-corrected chi connectivity index (χ3v) is 5.05. The van der Waals surface area contributed by atoms with E-state index in [0.29, 0.717) is 6.42 Å². The van der Waals surface area contributed by atoms with Crippen LogP contribution in [-0.2, 0) is 16.0 Å². The normalized spacial score (nSPS) is 15.6. The highest BCUT2D eigenvalue weighted by Crippen LogP contribution is 2.36. The molecule has 1 aliphatic rings. The molecule has 0 spiro atoms. The fourth-order valence-electron chi connectivity index (χ4n) is 3.79. The second kappa shape index (κ2) is 7.08. The Hall–Kier alpha value is -3.40. The Labute approximate surface area is 158 Å². The maximum atomic E-state index is 13.7. The highest BCUT2D eigenvalue weighted by molar-refractivity contribution is 6.07. The zero-order valence-electron chi connectivity index (χ0n) is 14.8. The zero-order valence-corrected chi connectivity index (χ0v) is 14.8. The van der Waals surface area contributed by atoms with E-state index in [1.165, 1.54) is 0 Å². The number of fused-ring (bicyclic) bond motifs is 1. The summed E-state index contributed by atoms with van der Waals surface area (Å²) in [6.45, 7) is 0. The first-order chi connectivity index (χ1) is 13.2. The van der Waals surface area contributed by atoms with Crippen molar-refractivity contribution >= 4 is 17.5 Å². The number of rotatable bonds is 4. The predicted octanol–water partition coefficient (Wildman–Crippen LogP) is 3.26. The van der Waals surface area contributed by atoms with Crippen molar-refractivity contribution in [3.8, 4) is 0 Å². The van der Waals surface area contributed by atoms with Crippen molar-refractivity contribution < 1.29 is 9.59 Å². The van der Waals surface area contributed by atoms with Crippen LogP contribution < -0.4 is 10.6 Å². The topological polar surface area (TPSA) is 63.4 Å². The molecular weight excluding hydrogens is 336 g/mol. The van der Waals surface area contributed by atoms with E-state index in [-0.39, 0.29) is 5.91 Å². The van der Waals surface area contributed by atoms with Crippen LogP contribution in [0.2, 0.25) is 0 Å². The minimum atomic E-state index is -0.662. The molecule has 0 radical (unpaired) electrons. The molecule has 2 amide bonds. The van der Waals surface area contributed by atoms with Crippen LogP contribution in [0.4, 0.5) is 5.69 Å². The highest BCUT2D eigenvalue weighted by atomic mass is 16.2. The summed E-state index contributed by atoms with van der Waals surface area (Å²) in [4.78, 5) is 27.4. The molecular formula is C23H20N2O2. The summed E-state index contributed by atoms with van der Waals surface area (Å²) in [5, 5.41) is 0. The summed E-state index contributed by atoms with van der Waals surface area (Å²) < 4.78 is 0. The van der Waals surface area contributed by atoms with Crippen molar-refractivity contribution in [2.75, 3.05) is 4.90 Å². The summed E-state index contributed by atoms with van der Waals surface area (Å²) in [6, 6.07) is 26.2. The zero-order chi connectivity index (χ0) is 18.8. The Bertz CT molecular complexity index is 930. The third-order valence-electron chi connectivity index (χ3n) is 5.05. The minimum absolute atomic E-state index is 0.138. The van der Waals surface area contributed by atoms with Crippen molar-refractivity contribution in [2.45, 2.75) is 18.4 Å². The maximum absolute atomic E-state index is 13.7. The average Bonchev–Trinajstić information content (AvgIpc) is 3.10.